The van der Waals surface area contributed by atoms with Crippen molar-refractivity contribution in [3.8, 4) is 11.3 Å². The number of ether oxygens (including phenoxy) is 1. The predicted molar refractivity (Wildman–Crippen MR) is 120 cm³/mol. The van der Waals surface area contributed by atoms with Crippen LogP contribution in [0.15, 0.2) is 53.7 Å². The number of rotatable bonds is 8. The Morgan fingerprint density at radius 1 is 1.20 bits per heavy atom. The van der Waals surface area contributed by atoms with E-state index in [1.54, 1.807) is 6.20 Å². The molecule has 0 radical (unpaired) electrons. The topological polar surface area (TPSA) is 82.0 Å². The van der Waals surface area contributed by atoms with Crippen molar-refractivity contribution >= 4 is 5.96 Å². The average Bonchev–Trinajstić information content (AvgIpc) is 2.77. The van der Waals surface area contributed by atoms with Crippen molar-refractivity contribution in [2.45, 2.75) is 26.0 Å². The summed E-state index contributed by atoms with van der Waals surface area (Å²) in [7, 11) is 0. The van der Waals surface area contributed by atoms with Crippen LogP contribution in [-0.4, -0.2) is 72.5 Å². The van der Waals surface area contributed by atoms with Crippen LogP contribution in [0, 0.1) is 0 Å². The average molecular weight is 412 g/mol. The van der Waals surface area contributed by atoms with E-state index in [0.717, 1.165) is 49.7 Å². The number of β-amino-alcohol motifs (C(OH)–C–C–N with tert-alkyl or cyclic N) is 1. The van der Waals surface area contributed by atoms with Crippen LogP contribution in [0.1, 0.15) is 19.4 Å². The van der Waals surface area contributed by atoms with E-state index >= 15 is 0 Å². The van der Waals surface area contributed by atoms with E-state index in [1.807, 2.05) is 38.1 Å². The van der Waals surface area contributed by atoms with E-state index in [1.165, 1.54) is 0 Å². The summed E-state index contributed by atoms with van der Waals surface area (Å²) in [6.45, 7) is 9.39. The number of aliphatic hydroxyl groups is 1. The first kappa shape index (κ1) is 22.2. The Labute approximate surface area is 179 Å². The Hall–Kier alpha value is -2.48. The third-order valence-electron chi connectivity index (χ3n) is 4.96. The molecule has 1 aromatic heterocycles. The minimum atomic E-state index is -0.855. The molecule has 0 bridgehead atoms. The van der Waals surface area contributed by atoms with E-state index in [9.17, 15) is 5.11 Å². The molecule has 2 aromatic rings. The quantitative estimate of drug-likeness (QED) is 0.455. The van der Waals surface area contributed by atoms with Gasteiger partial charge in [-0.05, 0) is 37.6 Å². The van der Waals surface area contributed by atoms with Crippen molar-refractivity contribution in [1.82, 2.24) is 20.5 Å². The summed E-state index contributed by atoms with van der Waals surface area (Å²) in [5, 5.41) is 17.3. The van der Waals surface area contributed by atoms with Gasteiger partial charge in [0.1, 0.15) is 0 Å². The Bertz CT molecular complexity index is 804. The molecule has 3 N–H and O–H groups in total. The fourth-order valence-corrected chi connectivity index (χ4v) is 3.45. The van der Waals surface area contributed by atoms with Gasteiger partial charge >= 0.3 is 0 Å². The summed E-state index contributed by atoms with van der Waals surface area (Å²) < 4.78 is 5.38. The second-order valence-corrected chi connectivity index (χ2v) is 7.85. The van der Waals surface area contributed by atoms with Crippen molar-refractivity contribution in [3.63, 3.8) is 0 Å². The van der Waals surface area contributed by atoms with E-state index in [-0.39, 0.29) is 0 Å². The third kappa shape index (κ3) is 7.09. The van der Waals surface area contributed by atoms with Gasteiger partial charge in [-0.15, -0.1) is 0 Å². The number of hydrogen-bond donors (Lipinski definition) is 3. The second-order valence-electron chi connectivity index (χ2n) is 7.85. The summed E-state index contributed by atoms with van der Waals surface area (Å²) in [5.74, 6) is 0.697. The number of pyridine rings is 1. The zero-order valence-electron chi connectivity index (χ0n) is 18.0. The Balaban J connectivity index is 1.59. The van der Waals surface area contributed by atoms with Crippen molar-refractivity contribution < 1.29 is 9.84 Å². The Morgan fingerprint density at radius 3 is 2.77 bits per heavy atom. The molecule has 162 valence electrons. The summed E-state index contributed by atoms with van der Waals surface area (Å²) in [6.07, 6.45) is 1.80. The van der Waals surface area contributed by atoms with Gasteiger partial charge in [-0.1, -0.05) is 24.3 Å². The van der Waals surface area contributed by atoms with Crippen LogP contribution in [0.2, 0.25) is 0 Å². The van der Waals surface area contributed by atoms with Crippen LogP contribution in [0.4, 0.5) is 0 Å². The zero-order chi connectivity index (χ0) is 21.2. The van der Waals surface area contributed by atoms with Crippen LogP contribution in [0.5, 0.6) is 0 Å². The van der Waals surface area contributed by atoms with Gasteiger partial charge in [0, 0.05) is 44.5 Å². The number of guanidine groups is 1. The molecule has 7 nitrogen and oxygen atoms in total. The van der Waals surface area contributed by atoms with Crippen LogP contribution in [0.25, 0.3) is 11.3 Å². The fraction of sp³-hybridized carbons (Fsp3) is 0.478. The number of aliphatic imine (C=N–C) groups is 1. The smallest absolute Gasteiger partial charge is 0.191 e. The molecule has 2 heterocycles. The second kappa shape index (κ2) is 11.1. The molecular formula is C23H33N5O2. The van der Waals surface area contributed by atoms with Gasteiger partial charge in [0.05, 0.1) is 31.1 Å². The van der Waals surface area contributed by atoms with E-state index in [4.69, 9.17) is 9.73 Å². The van der Waals surface area contributed by atoms with Crippen molar-refractivity contribution in [1.29, 1.82) is 0 Å². The molecule has 1 aliphatic rings. The molecule has 7 heteroatoms. The maximum atomic E-state index is 10.8. The number of benzene rings is 1. The highest BCUT2D eigenvalue weighted by molar-refractivity contribution is 5.79. The predicted octanol–water partition coefficient (Wildman–Crippen LogP) is 1.89. The highest BCUT2D eigenvalue weighted by Gasteiger charge is 2.25. The maximum absolute atomic E-state index is 10.8. The molecule has 0 aliphatic carbocycles. The number of hydrogen-bond acceptors (Lipinski definition) is 5. The first-order valence-electron chi connectivity index (χ1n) is 10.6. The molecule has 0 amide bonds. The molecule has 1 aliphatic heterocycles. The summed E-state index contributed by atoms with van der Waals surface area (Å²) >= 11 is 0. The van der Waals surface area contributed by atoms with Gasteiger partial charge in [-0.3, -0.25) is 9.88 Å². The minimum absolute atomic E-state index is 0.421. The highest BCUT2D eigenvalue weighted by Crippen LogP contribution is 2.18. The Kier molecular flexibility index (Phi) is 8.19. The van der Waals surface area contributed by atoms with Gasteiger partial charge in [-0.25, -0.2) is 4.99 Å². The fourth-order valence-electron chi connectivity index (χ4n) is 3.45. The Morgan fingerprint density at radius 2 is 2.03 bits per heavy atom. The van der Waals surface area contributed by atoms with Crippen molar-refractivity contribution in [3.05, 3.63) is 54.2 Å². The first-order chi connectivity index (χ1) is 14.6. The molecule has 0 saturated carbocycles. The molecule has 30 heavy (non-hydrogen) atoms. The largest absolute Gasteiger partial charge is 0.387 e. The molecule has 3 rings (SSSR count). The highest BCUT2D eigenvalue weighted by atomic mass is 16.5. The maximum Gasteiger partial charge on any atom is 0.191 e. The molecule has 1 aromatic carbocycles. The number of morpholine rings is 1. The van der Waals surface area contributed by atoms with E-state index in [0.29, 0.717) is 25.6 Å². The summed E-state index contributed by atoms with van der Waals surface area (Å²) in [4.78, 5) is 11.4. The van der Waals surface area contributed by atoms with E-state index in [2.05, 4.69) is 38.7 Å². The van der Waals surface area contributed by atoms with Gasteiger partial charge < -0.3 is 20.5 Å². The van der Waals surface area contributed by atoms with Crippen molar-refractivity contribution in [2.75, 3.05) is 45.9 Å². The van der Waals surface area contributed by atoms with E-state index < -0.39 is 5.60 Å². The standard InChI is InChI=1S/C23H33N5O2/c1-3-24-22(27-17-23(2,29)18-28-11-13-30-14-12-28)26-16-19-7-6-8-20(15-19)21-9-4-5-10-25-21/h4-10,15,29H,3,11-14,16-18H2,1-2H3,(H2,24,26,27). The normalized spacial score (nSPS) is 17.4. The zero-order valence-corrected chi connectivity index (χ0v) is 18.0. The van der Waals surface area contributed by atoms with Gasteiger partial charge in [0.2, 0.25) is 0 Å². The molecule has 1 unspecified atom stereocenters. The lowest BCUT2D eigenvalue weighted by Gasteiger charge is -2.34. The SMILES string of the molecule is CCNC(=NCc1cccc(-c2ccccn2)c1)NCC(C)(O)CN1CCOCC1. The number of nitrogens with zero attached hydrogens (tertiary/aromatic N) is 3. The lowest BCUT2D eigenvalue weighted by Crippen LogP contribution is -2.52. The lowest BCUT2D eigenvalue weighted by atomic mass is 10.1. The molecule has 0 spiro atoms. The van der Waals surface area contributed by atoms with Gasteiger partial charge in [0.25, 0.3) is 0 Å². The third-order valence-corrected chi connectivity index (χ3v) is 4.96. The van der Waals surface area contributed by atoms with Crippen LogP contribution >= 0.6 is 0 Å². The van der Waals surface area contributed by atoms with Crippen LogP contribution in [0.3, 0.4) is 0 Å². The van der Waals surface area contributed by atoms with Crippen molar-refractivity contribution in [2.24, 2.45) is 4.99 Å². The van der Waals surface area contributed by atoms with Crippen LogP contribution in [-0.2, 0) is 11.3 Å². The molecular weight excluding hydrogens is 378 g/mol. The van der Waals surface area contributed by atoms with Crippen LogP contribution < -0.4 is 10.6 Å². The summed E-state index contributed by atoms with van der Waals surface area (Å²) in [6, 6.07) is 14.2. The number of nitrogens with one attached hydrogen (secondary N) is 2. The summed E-state index contributed by atoms with van der Waals surface area (Å²) in [5.41, 5.74) is 2.28. The van der Waals surface area contributed by atoms with Gasteiger partial charge in [-0.2, -0.15) is 0 Å². The number of aromatic nitrogens is 1. The lowest BCUT2D eigenvalue weighted by molar-refractivity contribution is -0.0201. The first-order valence-corrected chi connectivity index (χ1v) is 10.6. The molecule has 1 saturated heterocycles. The van der Waals surface area contributed by atoms with Gasteiger partial charge in [0.15, 0.2) is 5.96 Å². The minimum Gasteiger partial charge on any atom is -0.387 e. The molecule has 1 atom stereocenters. The molecule has 1 fully saturated rings. The monoisotopic (exact) mass is 411 g/mol.